The predicted molar refractivity (Wildman–Crippen MR) is 83.5 cm³/mol. The Labute approximate surface area is 126 Å². The van der Waals surface area contributed by atoms with Crippen molar-refractivity contribution >= 4 is 11.6 Å². The molecular weight excluding hydrogens is 270 g/mol. The second-order valence-corrected chi connectivity index (χ2v) is 6.82. The number of fused-ring (bicyclic) bond motifs is 1. The lowest BCUT2D eigenvalue weighted by Crippen LogP contribution is -2.41. The predicted octanol–water partition coefficient (Wildman–Crippen LogP) is 4.12. The minimum absolute atomic E-state index is 0.210. The van der Waals surface area contributed by atoms with Crippen LogP contribution in [0.25, 0.3) is 0 Å². The van der Waals surface area contributed by atoms with Crippen molar-refractivity contribution in [1.82, 2.24) is 0 Å². The number of rotatable bonds is 4. The van der Waals surface area contributed by atoms with Crippen LogP contribution in [0.2, 0.25) is 5.02 Å². The molecule has 110 valence electrons. The molecule has 1 aliphatic carbocycles. The first-order valence-corrected chi connectivity index (χ1v) is 8.22. The van der Waals surface area contributed by atoms with Crippen LogP contribution in [-0.2, 0) is 12.8 Å². The van der Waals surface area contributed by atoms with Crippen molar-refractivity contribution in [2.24, 2.45) is 11.1 Å². The fraction of sp³-hybridized carbons (Fsp3) is 0.647. The van der Waals surface area contributed by atoms with Gasteiger partial charge in [-0.15, -0.1) is 0 Å². The van der Waals surface area contributed by atoms with Crippen LogP contribution >= 0.6 is 11.6 Å². The Kier molecular flexibility index (Phi) is 3.96. The van der Waals surface area contributed by atoms with Crippen LogP contribution in [0.5, 0.6) is 5.75 Å². The molecule has 0 radical (unpaired) electrons. The zero-order valence-corrected chi connectivity index (χ0v) is 13.0. The molecule has 3 heteroatoms. The van der Waals surface area contributed by atoms with Gasteiger partial charge in [-0.3, -0.25) is 0 Å². The zero-order chi connectivity index (χ0) is 14.2. The summed E-state index contributed by atoms with van der Waals surface area (Å²) in [6.07, 6.45) is 8.23. The van der Waals surface area contributed by atoms with Crippen LogP contribution < -0.4 is 10.5 Å². The normalized spacial score (nSPS) is 21.6. The number of hydrogen-bond donors (Lipinski definition) is 1. The number of benzene rings is 1. The van der Waals surface area contributed by atoms with E-state index in [1.165, 1.54) is 43.2 Å². The van der Waals surface area contributed by atoms with Crippen molar-refractivity contribution in [1.29, 1.82) is 0 Å². The van der Waals surface area contributed by atoms with Gasteiger partial charge in [-0.2, -0.15) is 0 Å². The summed E-state index contributed by atoms with van der Waals surface area (Å²) in [6, 6.07) is 4.29. The molecule has 0 spiro atoms. The van der Waals surface area contributed by atoms with Gasteiger partial charge in [-0.25, -0.2) is 0 Å². The van der Waals surface area contributed by atoms with Gasteiger partial charge in [0, 0.05) is 17.5 Å². The van der Waals surface area contributed by atoms with Gasteiger partial charge in [-0.05, 0) is 54.4 Å². The average Bonchev–Trinajstić information content (AvgIpc) is 3.07. The standard InChI is InChI=1S/C17H24ClNO/c1-2-17(6-3-4-7-17)15(19)11-13-10-14(18)9-12-5-8-20-16(12)13/h9-10,15H,2-8,11,19H2,1H3. The molecule has 2 aliphatic rings. The van der Waals surface area contributed by atoms with Gasteiger partial charge < -0.3 is 10.5 Å². The summed E-state index contributed by atoms with van der Waals surface area (Å²) in [7, 11) is 0. The third kappa shape index (κ3) is 2.44. The zero-order valence-electron chi connectivity index (χ0n) is 12.3. The minimum atomic E-state index is 0.210. The molecule has 20 heavy (non-hydrogen) atoms. The van der Waals surface area contributed by atoms with Crippen molar-refractivity contribution in [2.45, 2.75) is 57.9 Å². The first-order valence-electron chi connectivity index (χ1n) is 7.84. The van der Waals surface area contributed by atoms with Gasteiger partial charge in [0.2, 0.25) is 0 Å². The van der Waals surface area contributed by atoms with Crippen LogP contribution in [0.1, 0.15) is 50.2 Å². The van der Waals surface area contributed by atoms with E-state index in [-0.39, 0.29) is 6.04 Å². The van der Waals surface area contributed by atoms with Crippen LogP contribution in [-0.4, -0.2) is 12.6 Å². The van der Waals surface area contributed by atoms with Gasteiger partial charge in [-0.1, -0.05) is 31.4 Å². The fourth-order valence-electron chi connectivity index (χ4n) is 4.02. The molecule has 1 aliphatic heterocycles. The smallest absolute Gasteiger partial charge is 0.125 e. The highest BCUT2D eigenvalue weighted by Gasteiger charge is 2.38. The van der Waals surface area contributed by atoms with E-state index in [0.29, 0.717) is 5.41 Å². The molecule has 2 nitrogen and oxygen atoms in total. The third-order valence-corrected chi connectivity index (χ3v) is 5.57. The number of hydrogen-bond acceptors (Lipinski definition) is 2. The second kappa shape index (κ2) is 5.57. The maximum absolute atomic E-state index is 6.60. The van der Waals surface area contributed by atoms with E-state index in [0.717, 1.165) is 30.2 Å². The van der Waals surface area contributed by atoms with Crippen LogP contribution in [0.3, 0.4) is 0 Å². The Bertz CT molecular complexity index is 494. The molecular formula is C17H24ClNO. The van der Waals surface area contributed by atoms with Crippen molar-refractivity contribution < 1.29 is 4.74 Å². The van der Waals surface area contributed by atoms with Gasteiger partial charge in [0.05, 0.1) is 6.61 Å². The topological polar surface area (TPSA) is 35.2 Å². The SMILES string of the molecule is CCC1(C(N)Cc2cc(Cl)cc3c2OCC3)CCCC1. The van der Waals surface area contributed by atoms with E-state index in [2.05, 4.69) is 6.92 Å². The molecule has 0 saturated heterocycles. The van der Waals surface area contributed by atoms with E-state index < -0.39 is 0 Å². The van der Waals surface area contributed by atoms with Crippen molar-refractivity contribution in [3.05, 3.63) is 28.3 Å². The maximum atomic E-state index is 6.60. The average molecular weight is 294 g/mol. The second-order valence-electron chi connectivity index (χ2n) is 6.39. The lowest BCUT2D eigenvalue weighted by molar-refractivity contribution is 0.217. The van der Waals surface area contributed by atoms with Crippen molar-refractivity contribution in [3.63, 3.8) is 0 Å². The minimum Gasteiger partial charge on any atom is -0.493 e. The van der Waals surface area contributed by atoms with Crippen LogP contribution in [0.15, 0.2) is 12.1 Å². The summed E-state index contributed by atoms with van der Waals surface area (Å²) in [4.78, 5) is 0. The highest BCUT2D eigenvalue weighted by Crippen LogP contribution is 2.45. The summed E-state index contributed by atoms with van der Waals surface area (Å²) in [6.45, 7) is 3.06. The summed E-state index contributed by atoms with van der Waals surface area (Å²) in [5, 5.41) is 0.813. The molecule has 0 amide bonds. The largest absolute Gasteiger partial charge is 0.493 e. The fourth-order valence-corrected chi connectivity index (χ4v) is 4.28. The lowest BCUT2D eigenvalue weighted by Gasteiger charge is -2.34. The third-order valence-electron chi connectivity index (χ3n) is 5.36. The molecule has 1 aromatic rings. The molecule has 1 saturated carbocycles. The van der Waals surface area contributed by atoms with Crippen molar-refractivity contribution in [2.75, 3.05) is 6.61 Å². The Morgan fingerprint density at radius 2 is 2.10 bits per heavy atom. The molecule has 1 heterocycles. The van der Waals surface area contributed by atoms with E-state index in [9.17, 15) is 0 Å². The molecule has 0 bridgehead atoms. The van der Waals surface area contributed by atoms with Gasteiger partial charge in [0.1, 0.15) is 5.75 Å². The Morgan fingerprint density at radius 3 is 2.80 bits per heavy atom. The van der Waals surface area contributed by atoms with E-state index in [1.807, 2.05) is 12.1 Å². The maximum Gasteiger partial charge on any atom is 0.125 e. The van der Waals surface area contributed by atoms with E-state index in [1.54, 1.807) is 0 Å². The molecule has 1 atom stereocenters. The van der Waals surface area contributed by atoms with Gasteiger partial charge >= 0.3 is 0 Å². The van der Waals surface area contributed by atoms with Crippen LogP contribution in [0.4, 0.5) is 0 Å². The van der Waals surface area contributed by atoms with Crippen LogP contribution in [0, 0.1) is 5.41 Å². The summed E-state index contributed by atoms with van der Waals surface area (Å²) in [5.41, 5.74) is 9.38. The molecule has 1 fully saturated rings. The highest BCUT2D eigenvalue weighted by molar-refractivity contribution is 6.30. The molecule has 3 rings (SSSR count). The highest BCUT2D eigenvalue weighted by atomic mass is 35.5. The molecule has 1 unspecified atom stereocenters. The number of halogens is 1. The number of nitrogens with two attached hydrogens (primary N) is 1. The molecule has 1 aromatic carbocycles. The summed E-state index contributed by atoms with van der Waals surface area (Å²) < 4.78 is 5.80. The van der Waals surface area contributed by atoms with Gasteiger partial charge in [0.25, 0.3) is 0 Å². The van der Waals surface area contributed by atoms with Gasteiger partial charge in [0.15, 0.2) is 0 Å². The Morgan fingerprint density at radius 1 is 1.35 bits per heavy atom. The molecule has 2 N–H and O–H groups in total. The monoisotopic (exact) mass is 293 g/mol. The Balaban J connectivity index is 1.84. The first kappa shape index (κ1) is 14.2. The van der Waals surface area contributed by atoms with E-state index in [4.69, 9.17) is 22.1 Å². The Hall–Kier alpha value is -0.730. The summed E-state index contributed by atoms with van der Waals surface area (Å²) in [5.74, 6) is 1.05. The van der Waals surface area contributed by atoms with Crippen molar-refractivity contribution in [3.8, 4) is 5.75 Å². The quantitative estimate of drug-likeness (QED) is 0.906. The summed E-state index contributed by atoms with van der Waals surface area (Å²) >= 11 is 6.24. The number of ether oxygens (including phenoxy) is 1. The lowest BCUT2D eigenvalue weighted by atomic mass is 9.74. The molecule has 0 aromatic heterocycles. The first-order chi connectivity index (χ1) is 9.64. The van der Waals surface area contributed by atoms with E-state index >= 15 is 0 Å².